The van der Waals surface area contributed by atoms with Crippen LogP contribution >= 0.6 is 0 Å². The van der Waals surface area contributed by atoms with Gasteiger partial charge in [0, 0.05) is 20.1 Å². The molecule has 110 valence electrons. The Hall–Kier alpha value is -0.770. The minimum Gasteiger partial charge on any atom is -0.356 e. The summed E-state index contributed by atoms with van der Waals surface area (Å²) in [5.74, 6) is 2.80. The third-order valence-corrected chi connectivity index (χ3v) is 4.30. The van der Waals surface area contributed by atoms with Crippen LogP contribution in [-0.2, 0) is 0 Å². The number of aliphatic imine (C=N–C) groups is 1. The SMILES string of the molecule is CN=C(NCCCN1CCC(C)CC1)NCC1CC1. The summed E-state index contributed by atoms with van der Waals surface area (Å²) in [4.78, 5) is 6.86. The number of guanidine groups is 1. The van der Waals surface area contributed by atoms with E-state index in [1.807, 2.05) is 7.05 Å². The highest BCUT2D eigenvalue weighted by molar-refractivity contribution is 5.79. The zero-order valence-corrected chi connectivity index (χ0v) is 12.6. The van der Waals surface area contributed by atoms with E-state index in [1.165, 1.54) is 51.7 Å². The third kappa shape index (κ3) is 5.81. The lowest BCUT2D eigenvalue weighted by Gasteiger charge is -2.30. The molecule has 2 fully saturated rings. The van der Waals surface area contributed by atoms with E-state index < -0.39 is 0 Å². The van der Waals surface area contributed by atoms with Gasteiger partial charge in [0.25, 0.3) is 0 Å². The molecule has 2 N–H and O–H groups in total. The molecule has 1 heterocycles. The molecular formula is C15H30N4. The molecule has 1 aliphatic heterocycles. The van der Waals surface area contributed by atoms with E-state index in [1.54, 1.807) is 0 Å². The summed E-state index contributed by atoms with van der Waals surface area (Å²) in [5, 5.41) is 6.81. The Bertz CT molecular complexity index is 278. The fourth-order valence-electron chi connectivity index (χ4n) is 2.58. The van der Waals surface area contributed by atoms with Gasteiger partial charge in [-0.1, -0.05) is 6.92 Å². The largest absolute Gasteiger partial charge is 0.356 e. The number of nitrogens with zero attached hydrogens (tertiary/aromatic N) is 2. The maximum absolute atomic E-state index is 4.26. The molecule has 0 aromatic heterocycles. The van der Waals surface area contributed by atoms with Crippen molar-refractivity contribution >= 4 is 5.96 Å². The molecule has 1 saturated heterocycles. The lowest BCUT2D eigenvalue weighted by Crippen LogP contribution is -2.40. The molecule has 1 aliphatic carbocycles. The molecule has 1 saturated carbocycles. The number of rotatable bonds is 6. The van der Waals surface area contributed by atoms with Gasteiger partial charge >= 0.3 is 0 Å². The van der Waals surface area contributed by atoms with Crippen LogP contribution in [0.5, 0.6) is 0 Å². The van der Waals surface area contributed by atoms with Crippen LogP contribution in [0.4, 0.5) is 0 Å². The molecule has 0 bridgehead atoms. The van der Waals surface area contributed by atoms with Gasteiger partial charge in [-0.15, -0.1) is 0 Å². The highest BCUT2D eigenvalue weighted by Gasteiger charge is 2.21. The molecule has 0 unspecified atom stereocenters. The number of hydrogen-bond acceptors (Lipinski definition) is 2. The predicted octanol–water partition coefficient (Wildman–Crippen LogP) is 1.68. The molecular weight excluding hydrogens is 236 g/mol. The van der Waals surface area contributed by atoms with Crippen molar-refractivity contribution in [2.75, 3.05) is 39.8 Å². The fourth-order valence-corrected chi connectivity index (χ4v) is 2.58. The van der Waals surface area contributed by atoms with Crippen molar-refractivity contribution in [3.05, 3.63) is 0 Å². The molecule has 0 aromatic rings. The maximum atomic E-state index is 4.26. The van der Waals surface area contributed by atoms with Crippen molar-refractivity contribution in [3.63, 3.8) is 0 Å². The first-order valence-electron chi connectivity index (χ1n) is 7.95. The third-order valence-electron chi connectivity index (χ3n) is 4.30. The summed E-state index contributed by atoms with van der Waals surface area (Å²) in [6, 6.07) is 0. The van der Waals surface area contributed by atoms with Crippen LogP contribution in [0.1, 0.15) is 39.0 Å². The number of hydrogen-bond donors (Lipinski definition) is 2. The van der Waals surface area contributed by atoms with Crippen molar-refractivity contribution in [3.8, 4) is 0 Å². The second-order valence-corrected chi connectivity index (χ2v) is 6.20. The van der Waals surface area contributed by atoms with Crippen LogP contribution < -0.4 is 10.6 Å². The van der Waals surface area contributed by atoms with Gasteiger partial charge in [0.1, 0.15) is 0 Å². The second-order valence-electron chi connectivity index (χ2n) is 6.20. The predicted molar refractivity (Wildman–Crippen MR) is 81.5 cm³/mol. The van der Waals surface area contributed by atoms with E-state index in [2.05, 4.69) is 27.4 Å². The van der Waals surface area contributed by atoms with Crippen molar-refractivity contribution in [2.45, 2.75) is 39.0 Å². The minimum atomic E-state index is 0.897. The topological polar surface area (TPSA) is 39.7 Å². The van der Waals surface area contributed by atoms with Crippen LogP contribution in [0.2, 0.25) is 0 Å². The van der Waals surface area contributed by atoms with Crippen LogP contribution in [-0.4, -0.2) is 50.6 Å². The summed E-state index contributed by atoms with van der Waals surface area (Å²) < 4.78 is 0. The first-order chi connectivity index (χ1) is 9.28. The zero-order chi connectivity index (χ0) is 13.5. The average Bonchev–Trinajstić information content (AvgIpc) is 3.24. The maximum Gasteiger partial charge on any atom is 0.190 e. The molecule has 4 heteroatoms. The van der Waals surface area contributed by atoms with Crippen LogP contribution in [0, 0.1) is 11.8 Å². The first kappa shape index (κ1) is 14.6. The Labute approximate surface area is 118 Å². The average molecular weight is 266 g/mol. The molecule has 0 spiro atoms. The Morgan fingerprint density at radius 1 is 1.16 bits per heavy atom. The van der Waals surface area contributed by atoms with Crippen LogP contribution in [0.3, 0.4) is 0 Å². The van der Waals surface area contributed by atoms with Gasteiger partial charge in [-0.05, 0) is 63.6 Å². The van der Waals surface area contributed by atoms with E-state index >= 15 is 0 Å². The van der Waals surface area contributed by atoms with E-state index in [0.29, 0.717) is 0 Å². The van der Waals surface area contributed by atoms with Crippen LogP contribution in [0.25, 0.3) is 0 Å². The summed E-state index contributed by atoms with van der Waals surface area (Å²) in [6.45, 7) is 8.28. The van der Waals surface area contributed by atoms with Crippen molar-refractivity contribution in [2.24, 2.45) is 16.8 Å². The summed E-state index contributed by atoms with van der Waals surface area (Å²) in [7, 11) is 1.86. The highest BCUT2D eigenvalue weighted by Crippen LogP contribution is 2.27. The summed E-state index contributed by atoms with van der Waals surface area (Å²) in [6.07, 6.45) is 6.73. The molecule has 2 rings (SSSR count). The van der Waals surface area contributed by atoms with Crippen molar-refractivity contribution in [1.82, 2.24) is 15.5 Å². The van der Waals surface area contributed by atoms with E-state index in [4.69, 9.17) is 0 Å². The second kappa shape index (κ2) is 7.73. The Morgan fingerprint density at radius 3 is 2.53 bits per heavy atom. The monoisotopic (exact) mass is 266 g/mol. The lowest BCUT2D eigenvalue weighted by molar-refractivity contribution is 0.191. The number of piperidine rings is 1. The highest BCUT2D eigenvalue weighted by atomic mass is 15.2. The van der Waals surface area contributed by atoms with E-state index in [0.717, 1.165) is 30.9 Å². The minimum absolute atomic E-state index is 0.897. The summed E-state index contributed by atoms with van der Waals surface area (Å²) in [5.41, 5.74) is 0. The lowest BCUT2D eigenvalue weighted by atomic mass is 9.99. The van der Waals surface area contributed by atoms with E-state index in [-0.39, 0.29) is 0 Å². The zero-order valence-electron chi connectivity index (χ0n) is 12.6. The normalized spacial score (nSPS) is 22.5. The quantitative estimate of drug-likeness (QED) is 0.436. The van der Waals surface area contributed by atoms with Gasteiger partial charge in [-0.3, -0.25) is 4.99 Å². The smallest absolute Gasteiger partial charge is 0.190 e. The fraction of sp³-hybridized carbons (Fsp3) is 0.933. The van der Waals surface area contributed by atoms with Gasteiger partial charge in [0.2, 0.25) is 0 Å². The number of nitrogens with one attached hydrogen (secondary N) is 2. The van der Waals surface area contributed by atoms with Crippen LogP contribution in [0.15, 0.2) is 4.99 Å². The van der Waals surface area contributed by atoms with Crippen molar-refractivity contribution < 1.29 is 0 Å². The Kier molecular flexibility index (Phi) is 5.95. The molecule has 0 amide bonds. The molecule has 19 heavy (non-hydrogen) atoms. The Morgan fingerprint density at radius 2 is 1.89 bits per heavy atom. The van der Waals surface area contributed by atoms with Gasteiger partial charge in [0.15, 0.2) is 5.96 Å². The number of likely N-dealkylation sites (tertiary alicyclic amines) is 1. The van der Waals surface area contributed by atoms with Crippen molar-refractivity contribution in [1.29, 1.82) is 0 Å². The van der Waals surface area contributed by atoms with Gasteiger partial charge in [0.05, 0.1) is 0 Å². The summed E-state index contributed by atoms with van der Waals surface area (Å²) >= 11 is 0. The van der Waals surface area contributed by atoms with Gasteiger partial charge < -0.3 is 15.5 Å². The molecule has 0 aromatic carbocycles. The molecule has 0 atom stereocenters. The van der Waals surface area contributed by atoms with Gasteiger partial charge in [-0.25, -0.2) is 0 Å². The molecule has 4 nitrogen and oxygen atoms in total. The standard InChI is InChI=1S/C15H30N4/c1-13-6-10-19(11-7-13)9-3-8-17-15(16-2)18-12-14-4-5-14/h13-14H,3-12H2,1-2H3,(H2,16,17,18). The first-order valence-corrected chi connectivity index (χ1v) is 7.95. The van der Waals surface area contributed by atoms with E-state index in [9.17, 15) is 0 Å². The van der Waals surface area contributed by atoms with Gasteiger partial charge in [-0.2, -0.15) is 0 Å². The molecule has 0 radical (unpaired) electrons. The Balaban J connectivity index is 1.50. The molecule has 2 aliphatic rings.